The van der Waals surface area contributed by atoms with Crippen molar-refractivity contribution in [3.8, 4) is 11.4 Å². The van der Waals surface area contributed by atoms with Crippen LogP contribution in [0.1, 0.15) is 22.3 Å². The smallest absolute Gasteiger partial charge is 0.296 e. The molecule has 0 atom stereocenters. The molecule has 0 radical (unpaired) electrons. The second kappa shape index (κ2) is 22.2. The van der Waals surface area contributed by atoms with E-state index in [0.717, 1.165) is 29.1 Å². The lowest BCUT2D eigenvalue weighted by atomic mass is 10.1. The molecule has 36 heteroatoms. The third-order valence-corrected chi connectivity index (χ3v) is 18.5. The number of hydrogen-bond acceptors (Lipinski definition) is 23. The molecule has 7 N–H and O–H groups in total. The van der Waals surface area contributed by atoms with E-state index in [1.807, 2.05) is 0 Å². The van der Waals surface area contributed by atoms with Gasteiger partial charge in [-0.15, -0.1) is 20.4 Å². The molecule has 0 aliphatic carbocycles. The van der Waals surface area contributed by atoms with Crippen LogP contribution in [0.5, 0.6) is 5.75 Å². The Labute approximate surface area is 497 Å². The van der Waals surface area contributed by atoms with Gasteiger partial charge in [-0.3, -0.25) is 27.3 Å². The highest BCUT2D eigenvalue weighted by atomic mass is 32.2. The number of hydrogen-bond donors (Lipinski definition) is 7. The van der Waals surface area contributed by atoms with Crippen molar-refractivity contribution in [2.24, 2.45) is 40.9 Å². The predicted molar refractivity (Wildman–Crippen MR) is 313 cm³/mol. The zero-order valence-corrected chi connectivity index (χ0v) is 49.8. The molecule has 0 aliphatic rings. The molecule has 0 bridgehead atoms. The molecule has 9 aromatic carbocycles. The Morgan fingerprint density at radius 1 is 0.352 bits per heavy atom. The van der Waals surface area contributed by atoms with Crippen LogP contribution in [0.3, 0.4) is 0 Å². The summed E-state index contributed by atoms with van der Waals surface area (Å²) in [5, 5.41) is 52.8. The minimum atomic E-state index is -5.17. The number of aromatic hydroxyl groups is 1. The van der Waals surface area contributed by atoms with E-state index in [1.165, 1.54) is 42.5 Å². The van der Waals surface area contributed by atoms with Crippen LogP contribution in [-0.2, 0) is 60.7 Å². The molecule has 10 rings (SSSR count). The molecule has 1 heterocycles. The summed E-state index contributed by atoms with van der Waals surface area (Å²) in [5.74, 6) is -0.688. The van der Waals surface area contributed by atoms with Crippen molar-refractivity contribution in [1.82, 2.24) is 15.0 Å². The fraction of sp³-hybridized carbons (Fsp3) is 0.0769. The molecular formula is C52H39N11O19S6. The molecule has 0 saturated heterocycles. The maximum atomic E-state index is 12.8. The van der Waals surface area contributed by atoms with Gasteiger partial charge in [0.25, 0.3) is 60.7 Å². The van der Waals surface area contributed by atoms with E-state index in [4.69, 9.17) is 0 Å². The fourth-order valence-corrected chi connectivity index (χ4v) is 13.0. The minimum absolute atomic E-state index is 0.0374. The number of azo groups is 4. The van der Waals surface area contributed by atoms with Crippen molar-refractivity contribution in [3.05, 3.63) is 144 Å². The standard InChI is InChI=1S/C52H39N11O19S6/c1-25-13-32(5-10-40(25)55-53-31-6-11-41(26(2)14-31)56-59-45-24-38-30(19-48(45)87(77,78)79)18-34(83(65,66)67)22-47(38)86(74,75)76)54-57-43-15-28(4)44(16-27(43)3)58-60-51-49(88(80,81)82)20-29-17-33(7-8-36(29)52(51)64)63-61-42-12-9-37-39(50(42)62-63)21-35(84(68,69)70)23-46(37)85(71,72)73/h5-24,64H,1-4H3,(H,65,66,67)(H,68,69,70)(H,71,72,73)(H,74,75,76)(H,77,78,79)(H,80,81,82). The zero-order chi connectivity index (χ0) is 64.0. The van der Waals surface area contributed by atoms with Gasteiger partial charge in [0.05, 0.1) is 49.6 Å². The second-order valence-corrected chi connectivity index (χ2v) is 27.8. The van der Waals surface area contributed by atoms with Crippen LogP contribution in [-0.4, -0.2) is 97.9 Å². The lowest BCUT2D eigenvalue weighted by Crippen LogP contribution is -2.05. The summed E-state index contributed by atoms with van der Waals surface area (Å²) in [7, 11) is -30.4. The van der Waals surface area contributed by atoms with E-state index in [0.29, 0.717) is 63.2 Å². The number of aryl methyl sites for hydroxylation is 4. The summed E-state index contributed by atoms with van der Waals surface area (Å²) in [4.78, 5) is -4.39. The van der Waals surface area contributed by atoms with Gasteiger partial charge in [0.2, 0.25) is 0 Å². The largest absolute Gasteiger partial charge is 0.505 e. The Hall–Kier alpha value is -9.18. The summed E-state index contributed by atoms with van der Waals surface area (Å²) < 4.78 is 206. The highest BCUT2D eigenvalue weighted by Gasteiger charge is 2.27. The number of phenols is 1. The SMILES string of the molecule is Cc1cc(N=Nc2cc(C)c(N=Nc3c(S(=O)(=O)O)cc4cc(-n5nc6ccc7c(S(=O)(=O)O)cc(S(=O)(=O)O)cc7c6n5)ccc4c3O)cc2C)ccc1N=Nc1ccc(N=Nc2cc3c(S(=O)(=O)O)cc(S(=O)(=O)O)cc3cc2S(=O)(=O)O)c(C)c1. The maximum absolute atomic E-state index is 12.8. The first-order chi connectivity index (χ1) is 40.9. The van der Waals surface area contributed by atoms with Crippen LogP contribution in [0.4, 0.5) is 45.5 Å². The van der Waals surface area contributed by atoms with Gasteiger partial charge in [-0.1, -0.05) is 6.07 Å². The number of nitrogens with zero attached hydrogens (tertiary/aromatic N) is 11. The van der Waals surface area contributed by atoms with Gasteiger partial charge in [0.15, 0.2) is 5.75 Å². The molecule has 10 aromatic rings. The predicted octanol–water partition coefficient (Wildman–Crippen LogP) is 12.0. The van der Waals surface area contributed by atoms with Gasteiger partial charge in [-0.05, 0) is 176 Å². The van der Waals surface area contributed by atoms with E-state index in [9.17, 15) is 82.9 Å². The average molecular weight is 1310 g/mol. The summed E-state index contributed by atoms with van der Waals surface area (Å²) in [5.41, 5.74) is 3.12. The molecule has 1 aromatic heterocycles. The highest BCUT2D eigenvalue weighted by molar-refractivity contribution is 7.87. The van der Waals surface area contributed by atoms with E-state index in [1.54, 1.807) is 64.1 Å². The first-order valence-electron chi connectivity index (χ1n) is 24.5. The van der Waals surface area contributed by atoms with E-state index in [2.05, 4.69) is 51.1 Å². The van der Waals surface area contributed by atoms with Crippen LogP contribution in [0.2, 0.25) is 0 Å². The number of rotatable bonds is 15. The van der Waals surface area contributed by atoms with Crippen molar-refractivity contribution >= 4 is 150 Å². The van der Waals surface area contributed by atoms with Crippen LogP contribution >= 0.6 is 0 Å². The van der Waals surface area contributed by atoms with Crippen LogP contribution in [0.25, 0.3) is 49.0 Å². The number of aromatic nitrogens is 3. The minimum Gasteiger partial charge on any atom is -0.505 e. The second-order valence-electron chi connectivity index (χ2n) is 19.4. The summed E-state index contributed by atoms with van der Waals surface area (Å²) in [6, 6.07) is 24.7. The Morgan fingerprint density at radius 3 is 1.34 bits per heavy atom. The molecular weight excluding hydrogens is 1280 g/mol. The topological polar surface area (TPSA) is 476 Å². The lowest BCUT2D eigenvalue weighted by Gasteiger charge is -2.10. The van der Waals surface area contributed by atoms with Crippen molar-refractivity contribution in [2.45, 2.75) is 57.1 Å². The fourth-order valence-electron chi connectivity index (χ4n) is 9.02. The van der Waals surface area contributed by atoms with E-state index >= 15 is 0 Å². The molecule has 0 aliphatic heterocycles. The molecule has 0 fully saturated rings. The molecule has 452 valence electrons. The van der Waals surface area contributed by atoms with Gasteiger partial charge in [-0.25, -0.2) is 0 Å². The van der Waals surface area contributed by atoms with Crippen molar-refractivity contribution in [2.75, 3.05) is 0 Å². The van der Waals surface area contributed by atoms with Crippen LogP contribution in [0.15, 0.2) is 192 Å². The van der Waals surface area contributed by atoms with Gasteiger partial charge in [0, 0.05) is 21.5 Å². The Balaban J connectivity index is 0.857. The Kier molecular flexibility index (Phi) is 15.6. The normalized spacial score (nSPS) is 13.3. The molecule has 0 spiro atoms. The molecule has 0 saturated carbocycles. The molecule has 0 amide bonds. The summed E-state index contributed by atoms with van der Waals surface area (Å²) >= 11 is 0. The number of phenolic OH excluding ortho intramolecular Hbond substituents is 1. The average Bonchev–Trinajstić information content (AvgIpc) is 1.62. The summed E-state index contributed by atoms with van der Waals surface area (Å²) in [6.45, 7) is 6.72. The number of fused-ring (bicyclic) bond motifs is 5. The van der Waals surface area contributed by atoms with Crippen molar-refractivity contribution < 1.29 is 82.9 Å². The van der Waals surface area contributed by atoms with Crippen molar-refractivity contribution in [3.63, 3.8) is 0 Å². The van der Waals surface area contributed by atoms with Gasteiger partial charge >= 0.3 is 0 Å². The first kappa shape index (κ1) is 61.9. The van der Waals surface area contributed by atoms with Crippen LogP contribution in [0, 0.1) is 27.7 Å². The van der Waals surface area contributed by atoms with Crippen LogP contribution < -0.4 is 0 Å². The third kappa shape index (κ3) is 12.7. The molecule has 30 nitrogen and oxygen atoms in total. The maximum Gasteiger partial charge on any atom is 0.296 e. The monoisotopic (exact) mass is 1310 g/mol. The summed E-state index contributed by atoms with van der Waals surface area (Å²) in [6.07, 6.45) is 0. The third-order valence-electron chi connectivity index (χ3n) is 13.3. The van der Waals surface area contributed by atoms with Gasteiger partial charge in [0.1, 0.15) is 42.0 Å². The van der Waals surface area contributed by atoms with E-state index in [-0.39, 0.29) is 49.6 Å². The highest BCUT2D eigenvalue weighted by Crippen LogP contribution is 2.44. The van der Waals surface area contributed by atoms with Gasteiger partial charge in [-0.2, -0.15) is 86.0 Å². The lowest BCUT2D eigenvalue weighted by molar-refractivity contribution is 0.472. The van der Waals surface area contributed by atoms with E-state index < -0.39 is 118 Å². The first-order valence-corrected chi connectivity index (χ1v) is 33.2. The molecule has 0 unspecified atom stereocenters. The number of benzene rings is 9. The zero-order valence-electron chi connectivity index (χ0n) is 44.9. The Morgan fingerprint density at radius 2 is 0.807 bits per heavy atom. The Bertz CT molecular complexity index is 5590. The quantitative estimate of drug-likeness (QED) is 0.0370. The molecule has 88 heavy (non-hydrogen) atoms. The van der Waals surface area contributed by atoms with Crippen molar-refractivity contribution in [1.29, 1.82) is 0 Å². The van der Waals surface area contributed by atoms with Gasteiger partial charge < -0.3 is 5.11 Å².